The highest BCUT2D eigenvalue weighted by atomic mass is 16.7. The number of ether oxygens (including phenoxy) is 4. The van der Waals surface area contributed by atoms with Crippen molar-refractivity contribution < 1.29 is 18.9 Å². The van der Waals surface area contributed by atoms with E-state index >= 15 is 0 Å². The molecule has 2 aromatic rings. The highest BCUT2D eigenvalue weighted by Crippen LogP contribution is 2.43. The van der Waals surface area contributed by atoms with Gasteiger partial charge in [-0.15, -0.1) is 0 Å². The third kappa shape index (κ3) is 3.50. The number of hydrogen-bond donors (Lipinski definition) is 1. The maximum atomic E-state index is 10.1. The Hall–Kier alpha value is -2.59. The van der Waals surface area contributed by atoms with Gasteiger partial charge in [-0.25, -0.2) is 0 Å². The second-order valence-electron chi connectivity index (χ2n) is 6.76. The highest BCUT2D eigenvalue weighted by Gasteiger charge is 2.46. The van der Waals surface area contributed by atoms with Gasteiger partial charge in [-0.1, -0.05) is 36.4 Å². The van der Waals surface area contributed by atoms with Crippen LogP contribution in [0, 0.1) is 11.3 Å². The summed E-state index contributed by atoms with van der Waals surface area (Å²) in [5.41, 5.74) is 1.12. The zero-order valence-electron chi connectivity index (χ0n) is 15.2. The van der Waals surface area contributed by atoms with Crippen molar-refractivity contribution >= 4 is 0 Å². The molecule has 4 rings (SSSR count). The summed E-state index contributed by atoms with van der Waals surface area (Å²) in [5.74, 6) is 1.38. The Morgan fingerprint density at radius 1 is 1.19 bits per heavy atom. The molecule has 6 nitrogen and oxygen atoms in total. The quantitative estimate of drug-likeness (QED) is 0.875. The number of hydrogen-bond acceptors (Lipinski definition) is 6. The lowest BCUT2D eigenvalue weighted by Crippen LogP contribution is -2.53. The average molecular weight is 366 g/mol. The van der Waals surface area contributed by atoms with Crippen molar-refractivity contribution in [1.82, 2.24) is 5.32 Å². The van der Waals surface area contributed by atoms with Crippen molar-refractivity contribution in [3.63, 3.8) is 0 Å². The molecule has 0 aromatic heterocycles. The molecule has 2 aromatic carbocycles. The molecule has 2 heterocycles. The molecule has 1 N–H and O–H groups in total. The molecule has 0 saturated carbocycles. The number of nitrogens with one attached hydrogen (secondary N) is 1. The van der Waals surface area contributed by atoms with Gasteiger partial charge in [0, 0.05) is 20.1 Å². The lowest BCUT2D eigenvalue weighted by atomic mass is 9.82. The molecule has 1 saturated heterocycles. The van der Waals surface area contributed by atoms with Crippen LogP contribution in [0.4, 0.5) is 0 Å². The smallest absolute Gasteiger partial charge is 0.231 e. The molecule has 6 heteroatoms. The molecule has 140 valence electrons. The first-order valence-corrected chi connectivity index (χ1v) is 9.02. The fourth-order valence-corrected chi connectivity index (χ4v) is 3.62. The Morgan fingerprint density at radius 2 is 2.00 bits per heavy atom. The Labute approximate surface area is 158 Å². The first kappa shape index (κ1) is 17.8. The van der Waals surface area contributed by atoms with Crippen molar-refractivity contribution in [2.75, 3.05) is 13.9 Å². The predicted octanol–water partition coefficient (Wildman–Crippen LogP) is 3.29. The molecule has 0 amide bonds. The Balaban J connectivity index is 1.64. The van der Waals surface area contributed by atoms with Gasteiger partial charge < -0.3 is 18.9 Å². The summed E-state index contributed by atoms with van der Waals surface area (Å²) in [6.07, 6.45) is 0.431. The van der Waals surface area contributed by atoms with Crippen molar-refractivity contribution in [2.24, 2.45) is 0 Å². The second kappa shape index (κ2) is 7.57. The van der Waals surface area contributed by atoms with Gasteiger partial charge in [-0.05, 0) is 29.7 Å². The number of nitriles is 1. The third-order valence-electron chi connectivity index (χ3n) is 5.12. The molecule has 2 aliphatic rings. The minimum Gasteiger partial charge on any atom is -0.454 e. The van der Waals surface area contributed by atoms with Crippen LogP contribution < -0.4 is 14.8 Å². The van der Waals surface area contributed by atoms with Crippen LogP contribution in [0.15, 0.2) is 48.5 Å². The molecule has 3 atom stereocenters. The Bertz CT molecular complexity index is 836. The van der Waals surface area contributed by atoms with E-state index in [1.807, 2.05) is 48.5 Å². The minimum atomic E-state index is -0.863. The topological polar surface area (TPSA) is 72.7 Å². The van der Waals surface area contributed by atoms with Gasteiger partial charge in [-0.2, -0.15) is 5.26 Å². The maximum Gasteiger partial charge on any atom is 0.231 e. The molecule has 3 unspecified atom stereocenters. The number of methoxy groups -OCH3 is 1. The first-order valence-electron chi connectivity index (χ1n) is 9.02. The lowest BCUT2D eigenvalue weighted by Gasteiger charge is -2.42. The SMILES string of the molecule is COC1CCC(C#N)(NCc2ccccc2)C(c2ccc3c(c2)OCO3)O1. The van der Waals surface area contributed by atoms with E-state index < -0.39 is 11.6 Å². The first-order chi connectivity index (χ1) is 13.2. The van der Waals surface area contributed by atoms with E-state index in [0.717, 1.165) is 11.1 Å². The average Bonchev–Trinajstić information content (AvgIpc) is 3.21. The van der Waals surface area contributed by atoms with Gasteiger partial charge in [0.25, 0.3) is 0 Å². The minimum absolute atomic E-state index is 0.209. The summed E-state index contributed by atoms with van der Waals surface area (Å²) in [7, 11) is 1.62. The van der Waals surface area contributed by atoms with Crippen LogP contribution in [0.2, 0.25) is 0 Å². The van der Waals surface area contributed by atoms with E-state index in [0.29, 0.717) is 30.9 Å². The fourth-order valence-electron chi connectivity index (χ4n) is 3.62. The van der Waals surface area contributed by atoms with Crippen LogP contribution in [0.25, 0.3) is 0 Å². The summed E-state index contributed by atoms with van der Waals surface area (Å²) in [6, 6.07) is 18.2. The van der Waals surface area contributed by atoms with Gasteiger partial charge in [0.05, 0.1) is 6.07 Å². The fraction of sp³-hybridized carbons (Fsp3) is 0.381. The molecule has 27 heavy (non-hydrogen) atoms. The van der Waals surface area contributed by atoms with Crippen molar-refractivity contribution in [3.8, 4) is 17.6 Å². The van der Waals surface area contributed by atoms with Crippen LogP contribution >= 0.6 is 0 Å². The van der Waals surface area contributed by atoms with E-state index in [-0.39, 0.29) is 13.1 Å². The summed E-state index contributed by atoms with van der Waals surface area (Å²) in [6.45, 7) is 0.789. The van der Waals surface area contributed by atoms with Crippen molar-refractivity contribution in [3.05, 3.63) is 59.7 Å². The van der Waals surface area contributed by atoms with Crippen molar-refractivity contribution in [2.45, 2.75) is 37.3 Å². The Morgan fingerprint density at radius 3 is 2.78 bits per heavy atom. The zero-order valence-corrected chi connectivity index (χ0v) is 15.2. The molecule has 0 aliphatic carbocycles. The normalized spacial score (nSPS) is 26.5. The third-order valence-corrected chi connectivity index (χ3v) is 5.12. The van der Waals surface area contributed by atoms with E-state index in [1.165, 1.54) is 0 Å². The van der Waals surface area contributed by atoms with Crippen LogP contribution in [0.3, 0.4) is 0 Å². The van der Waals surface area contributed by atoms with Crippen LogP contribution in [0.5, 0.6) is 11.5 Å². The monoisotopic (exact) mass is 366 g/mol. The van der Waals surface area contributed by atoms with E-state index in [4.69, 9.17) is 18.9 Å². The van der Waals surface area contributed by atoms with Gasteiger partial charge in [-0.3, -0.25) is 5.32 Å². The molecular weight excluding hydrogens is 344 g/mol. The standard InChI is InChI=1S/C21H22N2O4/c1-24-19-9-10-21(13-22,23-12-15-5-3-2-4-6-15)20(27-19)16-7-8-17-18(11-16)26-14-25-17/h2-8,11,19-20,23H,9-10,12,14H2,1H3. The van der Waals surface area contributed by atoms with Crippen LogP contribution in [-0.4, -0.2) is 25.7 Å². The Kier molecular flexibility index (Phi) is 4.99. The molecule has 0 radical (unpaired) electrons. The summed E-state index contributed by atoms with van der Waals surface area (Å²) >= 11 is 0. The molecule has 0 spiro atoms. The van der Waals surface area contributed by atoms with Crippen LogP contribution in [-0.2, 0) is 16.0 Å². The number of fused-ring (bicyclic) bond motifs is 1. The number of rotatable bonds is 5. The van der Waals surface area contributed by atoms with Gasteiger partial charge >= 0.3 is 0 Å². The van der Waals surface area contributed by atoms with E-state index in [2.05, 4.69) is 11.4 Å². The summed E-state index contributed by atoms with van der Waals surface area (Å²) in [5, 5.41) is 13.6. The van der Waals surface area contributed by atoms with E-state index in [9.17, 15) is 5.26 Å². The molecular formula is C21H22N2O4. The summed E-state index contributed by atoms with van der Waals surface area (Å²) in [4.78, 5) is 0. The highest BCUT2D eigenvalue weighted by molar-refractivity contribution is 5.46. The molecule has 2 aliphatic heterocycles. The summed E-state index contributed by atoms with van der Waals surface area (Å²) < 4.78 is 22.5. The lowest BCUT2D eigenvalue weighted by molar-refractivity contribution is -0.202. The maximum absolute atomic E-state index is 10.1. The molecule has 1 fully saturated rings. The second-order valence-corrected chi connectivity index (χ2v) is 6.76. The van der Waals surface area contributed by atoms with Gasteiger partial charge in [0.15, 0.2) is 17.8 Å². The molecule has 0 bridgehead atoms. The largest absolute Gasteiger partial charge is 0.454 e. The van der Waals surface area contributed by atoms with Gasteiger partial charge in [0.1, 0.15) is 11.6 Å². The predicted molar refractivity (Wildman–Crippen MR) is 98.0 cm³/mol. The number of nitrogens with zero attached hydrogens (tertiary/aromatic N) is 1. The van der Waals surface area contributed by atoms with Gasteiger partial charge in [0.2, 0.25) is 6.79 Å². The number of benzene rings is 2. The zero-order chi connectivity index (χ0) is 18.7. The van der Waals surface area contributed by atoms with E-state index in [1.54, 1.807) is 7.11 Å². The van der Waals surface area contributed by atoms with Crippen LogP contribution in [0.1, 0.15) is 30.1 Å². The van der Waals surface area contributed by atoms with Crippen molar-refractivity contribution in [1.29, 1.82) is 5.26 Å².